The van der Waals surface area contributed by atoms with E-state index in [4.69, 9.17) is 0 Å². The molecule has 1 aromatic carbocycles. The molecule has 0 aliphatic rings. The van der Waals surface area contributed by atoms with Crippen molar-refractivity contribution in [2.45, 2.75) is 19.8 Å². The minimum Gasteiger partial charge on any atom is -0.324 e. The molecule has 3 heteroatoms. The van der Waals surface area contributed by atoms with E-state index in [0.29, 0.717) is 5.92 Å². The molecule has 3 rings (SSSR count). The molecule has 0 aliphatic heterocycles. The summed E-state index contributed by atoms with van der Waals surface area (Å²) in [5, 5.41) is 5.56. The van der Waals surface area contributed by atoms with Crippen LogP contribution in [0.3, 0.4) is 0 Å². The SMILES string of the molecule is CC(C)c1ccc(Nc2nccc3ccccc23)nc1. The normalized spacial score (nSPS) is 10.9. The minimum absolute atomic E-state index is 0.493. The van der Waals surface area contributed by atoms with Gasteiger partial charge >= 0.3 is 0 Å². The second kappa shape index (κ2) is 5.29. The molecule has 0 unspecified atom stereocenters. The fraction of sp³-hybridized carbons (Fsp3) is 0.176. The van der Waals surface area contributed by atoms with Gasteiger partial charge in [-0.05, 0) is 29.0 Å². The van der Waals surface area contributed by atoms with Gasteiger partial charge in [0.2, 0.25) is 0 Å². The van der Waals surface area contributed by atoms with Crippen LogP contribution in [0.4, 0.5) is 11.6 Å². The quantitative estimate of drug-likeness (QED) is 0.756. The average molecular weight is 263 g/mol. The second-order valence-electron chi connectivity index (χ2n) is 5.14. The number of aromatic nitrogens is 2. The zero-order chi connectivity index (χ0) is 13.9. The lowest BCUT2D eigenvalue weighted by molar-refractivity contribution is 0.859. The first-order chi connectivity index (χ1) is 9.74. The molecule has 0 spiro atoms. The van der Waals surface area contributed by atoms with Gasteiger partial charge in [-0.25, -0.2) is 9.97 Å². The molecule has 0 bridgehead atoms. The van der Waals surface area contributed by atoms with Crippen LogP contribution < -0.4 is 5.32 Å². The average Bonchev–Trinajstić information content (AvgIpc) is 2.48. The van der Waals surface area contributed by atoms with E-state index < -0.39 is 0 Å². The minimum atomic E-state index is 0.493. The van der Waals surface area contributed by atoms with Crippen LogP contribution >= 0.6 is 0 Å². The van der Waals surface area contributed by atoms with Gasteiger partial charge in [0.1, 0.15) is 11.6 Å². The molecule has 0 atom stereocenters. The maximum absolute atomic E-state index is 4.45. The van der Waals surface area contributed by atoms with Crippen molar-refractivity contribution >= 4 is 22.4 Å². The van der Waals surface area contributed by atoms with Crippen LogP contribution in [0.25, 0.3) is 10.8 Å². The third-order valence-corrected chi connectivity index (χ3v) is 3.37. The molecule has 0 aliphatic carbocycles. The Morgan fingerprint density at radius 2 is 1.80 bits per heavy atom. The van der Waals surface area contributed by atoms with Crippen LogP contribution in [0.15, 0.2) is 54.9 Å². The predicted molar refractivity (Wildman–Crippen MR) is 83.4 cm³/mol. The summed E-state index contributed by atoms with van der Waals surface area (Å²) < 4.78 is 0. The van der Waals surface area contributed by atoms with Crippen molar-refractivity contribution in [2.24, 2.45) is 0 Å². The van der Waals surface area contributed by atoms with Crippen molar-refractivity contribution in [3.05, 3.63) is 60.4 Å². The van der Waals surface area contributed by atoms with Gasteiger partial charge in [0.25, 0.3) is 0 Å². The van der Waals surface area contributed by atoms with Crippen LogP contribution in [-0.2, 0) is 0 Å². The number of benzene rings is 1. The topological polar surface area (TPSA) is 37.8 Å². The summed E-state index contributed by atoms with van der Waals surface area (Å²) in [7, 11) is 0. The number of hydrogen-bond acceptors (Lipinski definition) is 3. The highest BCUT2D eigenvalue weighted by Crippen LogP contribution is 2.23. The molecular formula is C17H17N3. The molecule has 3 aromatic rings. The zero-order valence-corrected chi connectivity index (χ0v) is 11.7. The van der Waals surface area contributed by atoms with Gasteiger partial charge < -0.3 is 5.32 Å². The van der Waals surface area contributed by atoms with Gasteiger partial charge in [0, 0.05) is 17.8 Å². The van der Waals surface area contributed by atoms with E-state index >= 15 is 0 Å². The Kier molecular flexibility index (Phi) is 3.33. The van der Waals surface area contributed by atoms with Gasteiger partial charge in [-0.15, -0.1) is 0 Å². The van der Waals surface area contributed by atoms with Gasteiger partial charge in [0.15, 0.2) is 0 Å². The summed E-state index contributed by atoms with van der Waals surface area (Å²) >= 11 is 0. The van der Waals surface area contributed by atoms with Crippen molar-refractivity contribution in [3.63, 3.8) is 0 Å². The Labute approximate surface area is 118 Å². The molecule has 0 saturated heterocycles. The van der Waals surface area contributed by atoms with Crippen molar-refractivity contribution < 1.29 is 0 Å². The van der Waals surface area contributed by atoms with E-state index in [9.17, 15) is 0 Å². The highest BCUT2D eigenvalue weighted by atomic mass is 15.0. The molecule has 0 fully saturated rings. The fourth-order valence-corrected chi connectivity index (χ4v) is 2.16. The Morgan fingerprint density at radius 3 is 2.55 bits per heavy atom. The van der Waals surface area contributed by atoms with Gasteiger partial charge in [-0.2, -0.15) is 0 Å². The number of rotatable bonds is 3. The van der Waals surface area contributed by atoms with Crippen molar-refractivity contribution in [2.75, 3.05) is 5.32 Å². The number of hydrogen-bond donors (Lipinski definition) is 1. The van der Waals surface area contributed by atoms with Crippen LogP contribution in [0.5, 0.6) is 0 Å². The Balaban J connectivity index is 1.93. The molecule has 20 heavy (non-hydrogen) atoms. The van der Waals surface area contributed by atoms with E-state index in [0.717, 1.165) is 17.0 Å². The Morgan fingerprint density at radius 1 is 0.950 bits per heavy atom. The molecule has 3 nitrogen and oxygen atoms in total. The van der Waals surface area contributed by atoms with Gasteiger partial charge in [-0.1, -0.05) is 44.2 Å². The number of anilines is 2. The zero-order valence-electron chi connectivity index (χ0n) is 11.7. The number of fused-ring (bicyclic) bond motifs is 1. The first-order valence-electron chi connectivity index (χ1n) is 6.81. The highest BCUT2D eigenvalue weighted by molar-refractivity contribution is 5.92. The van der Waals surface area contributed by atoms with E-state index in [-0.39, 0.29) is 0 Å². The second-order valence-corrected chi connectivity index (χ2v) is 5.14. The first-order valence-corrected chi connectivity index (χ1v) is 6.81. The van der Waals surface area contributed by atoms with E-state index in [2.05, 4.69) is 47.3 Å². The summed E-state index contributed by atoms with van der Waals surface area (Å²) in [6.07, 6.45) is 3.73. The largest absolute Gasteiger partial charge is 0.324 e. The van der Waals surface area contributed by atoms with Crippen molar-refractivity contribution in [1.82, 2.24) is 9.97 Å². The summed E-state index contributed by atoms with van der Waals surface area (Å²) in [6.45, 7) is 4.33. The van der Waals surface area contributed by atoms with Crippen LogP contribution in [0.1, 0.15) is 25.3 Å². The number of nitrogens with one attached hydrogen (secondary N) is 1. The molecule has 2 aromatic heterocycles. The summed E-state index contributed by atoms with van der Waals surface area (Å²) in [6, 6.07) is 14.3. The standard InChI is InChI=1S/C17H17N3/c1-12(2)14-7-8-16(19-11-14)20-17-15-6-4-3-5-13(15)9-10-18-17/h3-12H,1-2H3,(H,18,19,20). The molecule has 100 valence electrons. The lowest BCUT2D eigenvalue weighted by atomic mass is 10.1. The van der Waals surface area contributed by atoms with Crippen molar-refractivity contribution in [3.8, 4) is 0 Å². The molecule has 2 heterocycles. The van der Waals surface area contributed by atoms with Gasteiger partial charge in [-0.3, -0.25) is 0 Å². The molecule has 0 saturated carbocycles. The predicted octanol–water partition coefficient (Wildman–Crippen LogP) is 4.50. The van der Waals surface area contributed by atoms with Crippen molar-refractivity contribution in [1.29, 1.82) is 0 Å². The number of nitrogens with zero attached hydrogens (tertiary/aromatic N) is 2. The summed E-state index contributed by atoms with van der Waals surface area (Å²) in [4.78, 5) is 8.86. The van der Waals surface area contributed by atoms with E-state index in [1.807, 2.05) is 36.7 Å². The maximum atomic E-state index is 4.45. The Hall–Kier alpha value is -2.42. The van der Waals surface area contributed by atoms with E-state index in [1.54, 1.807) is 0 Å². The molecule has 1 N–H and O–H groups in total. The maximum Gasteiger partial charge on any atom is 0.139 e. The Bertz CT molecular complexity index is 712. The highest BCUT2D eigenvalue weighted by Gasteiger charge is 2.04. The van der Waals surface area contributed by atoms with E-state index in [1.165, 1.54) is 10.9 Å². The smallest absolute Gasteiger partial charge is 0.139 e. The number of pyridine rings is 2. The lowest BCUT2D eigenvalue weighted by Crippen LogP contribution is -1.98. The van der Waals surface area contributed by atoms with Crippen LogP contribution in [0, 0.1) is 0 Å². The van der Waals surface area contributed by atoms with Crippen LogP contribution in [-0.4, -0.2) is 9.97 Å². The molecular weight excluding hydrogens is 246 g/mol. The third-order valence-electron chi connectivity index (χ3n) is 3.37. The van der Waals surface area contributed by atoms with Gasteiger partial charge in [0.05, 0.1) is 0 Å². The van der Waals surface area contributed by atoms with Crippen LogP contribution in [0.2, 0.25) is 0 Å². The first kappa shape index (κ1) is 12.6. The monoisotopic (exact) mass is 263 g/mol. The molecule has 0 radical (unpaired) electrons. The third kappa shape index (κ3) is 2.48. The fourth-order valence-electron chi connectivity index (χ4n) is 2.16. The lowest BCUT2D eigenvalue weighted by Gasteiger charge is -2.09. The summed E-state index contributed by atoms with van der Waals surface area (Å²) in [5.74, 6) is 2.15. The molecule has 0 amide bonds. The summed E-state index contributed by atoms with van der Waals surface area (Å²) in [5.41, 5.74) is 1.24.